The fourth-order valence-corrected chi connectivity index (χ4v) is 3.42. The highest BCUT2D eigenvalue weighted by Gasteiger charge is 2.19. The Balaban J connectivity index is 0.00000210. The number of nitrogens with zero attached hydrogens (tertiary/aromatic N) is 1. The highest BCUT2D eigenvalue weighted by Crippen LogP contribution is 2.31. The van der Waals surface area contributed by atoms with Gasteiger partial charge in [0.2, 0.25) is 0 Å². The molecule has 8 heteroatoms. The minimum Gasteiger partial charge on any atom is -0.325 e. The highest BCUT2D eigenvalue weighted by atomic mass is 35.5. The van der Waals surface area contributed by atoms with Crippen molar-refractivity contribution in [2.24, 2.45) is 17.5 Å². The number of nitrogen functional groups attached to an aromatic ring is 1. The summed E-state index contributed by atoms with van der Waals surface area (Å²) in [6, 6.07) is 14.8. The minimum atomic E-state index is -0.406. The van der Waals surface area contributed by atoms with Gasteiger partial charge in [-0.1, -0.05) is 44.2 Å². The molecule has 0 saturated heterocycles. The molecule has 0 atom stereocenters. The number of hydrazine groups is 1. The van der Waals surface area contributed by atoms with Crippen molar-refractivity contribution >= 4 is 41.5 Å². The van der Waals surface area contributed by atoms with Crippen LogP contribution in [0.3, 0.4) is 0 Å². The summed E-state index contributed by atoms with van der Waals surface area (Å²) in [6.45, 7) is 4.92. The number of pyridine rings is 1. The largest absolute Gasteiger partial charge is 0.325 e. The lowest BCUT2D eigenvalue weighted by atomic mass is 9.95. The van der Waals surface area contributed by atoms with Crippen LogP contribution in [0.15, 0.2) is 53.3 Å². The van der Waals surface area contributed by atoms with Gasteiger partial charge < -0.3 is 10.3 Å². The lowest BCUT2D eigenvalue weighted by Gasteiger charge is -2.21. The van der Waals surface area contributed by atoms with Crippen LogP contribution in [0.4, 0.5) is 0 Å². The van der Waals surface area contributed by atoms with E-state index in [1.165, 1.54) is 0 Å². The van der Waals surface area contributed by atoms with Crippen LogP contribution in [0.1, 0.15) is 29.9 Å². The molecule has 1 heterocycles. The standard InChI is InChI=1S/C21H24N4O2.2ClH/c1-13(2)12-25-18(11-22)19(14-6-4-3-5-7-14)17-10-15(20(26)24-23)8-9-16(17)21(25)27;;/h3-10,13H,11-12,22-23H2,1-2H3,(H,24,26);2*1H. The van der Waals surface area contributed by atoms with E-state index in [0.29, 0.717) is 22.9 Å². The Hall–Kier alpha value is -2.38. The quantitative estimate of drug-likeness (QED) is 0.324. The van der Waals surface area contributed by atoms with Gasteiger partial charge in [-0.25, -0.2) is 5.84 Å². The first-order valence-corrected chi connectivity index (χ1v) is 8.93. The van der Waals surface area contributed by atoms with Crippen molar-refractivity contribution in [1.29, 1.82) is 0 Å². The molecule has 0 fully saturated rings. The molecule has 6 nitrogen and oxygen atoms in total. The van der Waals surface area contributed by atoms with Gasteiger partial charge in [-0.3, -0.25) is 15.0 Å². The van der Waals surface area contributed by atoms with Crippen molar-refractivity contribution in [3.05, 3.63) is 70.1 Å². The Kier molecular flexibility index (Phi) is 8.85. The fourth-order valence-electron chi connectivity index (χ4n) is 3.42. The van der Waals surface area contributed by atoms with Crippen LogP contribution in [0.2, 0.25) is 0 Å². The van der Waals surface area contributed by atoms with Gasteiger partial charge in [0.1, 0.15) is 0 Å². The third kappa shape index (κ3) is 4.79. The van der Waals surface area contributed by atoms with Gasteiger partial charge in [0.05, 0.1) is 0 Å². The van der Waals surface area contributed by atoms with Gasteiger partial charge in [0, 0.05) is 35.3 Å². The lowest BCUT2D eigenvalue weighted by Crippen LogP contribution is -2.30. The molecule has 0 unspecified atom stereocenters. The zero-order chi connectivity index (χ0) is 19.6. The minimum absolute atomic E-state index is 0. The maximum absolute atomic E-state index is 13.2. The number of aromatic nitrogens is 1. The molecule has 0 aliphatic rings. The summed E-state index contributed by atoms with van der Waals surface area (Å²) in [4.78, 5) is 25.2. The average molecular weight is 437 g/mol. The first-order valence-electron chi connectivity index (χ1n) is 8.93. The third-order valence-electron chi connectivity index (χ3n) is 4.58. The number of carbonyl (C=O) groups excluding carboxylic acids is 1. The molecule has 3 aromatic rings. The van der Waals surface area contributed by atoms with Gasteiger partial charge in [-0.05, 0) is 35.1 Å². The Bertz CT molecular complexity index is 1050. The molecule has 1 aromatic heterocycles. The Morgan fingerprint density at radius 1 is 1.07 bits per heavy atom. The number of fused-ring (bicyclic) bond motifs is 1. The van der Waals surface area contributed by atoms with E-state index in [9.17, 15) is 9.59 Å². The smallest absolute Gasteiger partial charge is 0.265 e. The molecular formula is C21H26Cl2N4O2. The monoisotopic (exact) mass is 436 g/mol. The number of nitrogens with one attached hydrogen (secondary N) is 1. The van der Waals surface area contributed by atoms with Crippen LogP contribution in [0.5, 0.6) is 0 Å². The molecule has 2 aromatic carbocycles. The molecule has 0 bridgehead atoms. The summed E-state index contributed by atoms with van der Waals surface area (Å²) in [5.41, 5.74) is 11.1. The number of nitrogens with two attached hydrogens (primary N) is 2. The first kappa shape index (κ1) is 24.7. The van der Waals surface area contributed by atoms with Crippen molar-refractivity contribution < 1.29 is 4.79 Å². The zero-order valence-electron chi connectivity index (χ0n) is 16.3. The van der Waals surface area contributed by atoms with E-state index >= 15 is 0 Å². The number of hydrogen-bond donors (Lipinski definition) is 3. The number of hydrogen-bond acceptors (Lipinski definition) is 4. The van der Waals surface area contributed by atoms with Gasteiger partial charge >= 0.3 is 0 Å². The van der Waals surface area contributed by atoms with Crippen molar-refractivity contribution in [2.75, 3.05) is 0 Å². The molecule has 0 saturated carbocycles. The Morgan fingerprint density at radius 3 is 2.28 bits per heavy atom. The number of rotatable bonds is 5. The first-order chi connectivity index (χ1) is 13.0. The number of benzene rings is 2. The van der Waals surface area contributed by atoms with Crippen molar-refractivity contribution in [2.45, 2.75) is 26.9 Å². The number of halogens is 2. The summed E-state index contributed by atoms with van der Waals surface area (Å²) < 4.78 is 1.76. The van der Waals surface area contributed by atoms with Gasteiger partial charge in [0.15, 0.2) is 0 Å². The predicted molar refractivity (Wildman–Crippen MR) is 123 cm³/mol. The molecule has 156 valence electrons. The summed E-state index contributed by atoms with van der Waals surface area (Å²) in [7, 11) is 0. The van der Waals surface area contributed by atoms with Crippen LogP contribution in [0, 0.1) is 5.92 Å². The Labute approximate surface area is 182 Å². The Morgan fingerprint density at radius 2 is 1.72 bits per heavy atom. The van der Waals surface area contributed by atoms with Crippen molar-refractivity contribution in [3.63, 3.8) is 0 Å². The molecule has 29 heavy (non-hydrogen) atoms. The van der Waals surface area contributed by atoms with E-state index in [4.69, 9.17) is 11.6 Å². The van der Waals surface area contributed by atoms with E-state index in [1.807, 2.05) is 30.3 Å². The lowest BCUT2D eigenvalue weighted by molar-refractivity contribution is 0.0954. The highest BCUT2D eigenvalue weighted by molar-refractivity contribution is 6.03. The van der Waals surface area contributed by atoms with Crippen molar-refractivity contribution in [3.8, 4) is 11.1 Å². The fraction of sp³-hybridized carbons (Fsp3) is 0.238. The SMILES string of the molecule is CC(C)Cn1c(CN)c(-c2ccccc2)c2cc(C(=O)NN)ccc2c1=O.Cl.Cl. The maximum Gasteiger partial charge on any atom is 0.265 e. The van der Waals surface area contributed by atoms with E-state index in [1.54, 1.807) is 22.8 Å². The van der Waals surface area contributed by atoms with E-state index in [-0.39, 0.29) is 42.8 Å². The third-order valence-corrected chi connectivity index (χ3v) is 4.58. The topological polar surface area (TPSA) is 103 Å². The molecule has 0 aliphatic carbocycles. The summed E-state index contributed by atoms with van der Waals surface area (Å²) >= 11 is 0. The van der Waals surface area contributed by atoms with Crippen LogP contribution in [-0.2, 0) is 13.1 Å². The molecule has 0 aliphatic heterocycles. The summed E-state index contributed by atoms with van der Waals surface area (Å²) in [5, 5.41) is 1.26. The second kappa shape index (κ2) is 10.4. The van der Waals surface area contributed by atoms with Crippen LogP contribution in [0.25, 0.3) is 21.9 Å². The second-order valence-electron chi connectivity index (χ2n) is 6.94. The van der Waals surface area contributed by atoms with Crippen LogP contribution >= 0.6 is 24.8 Å². The predicted octanol–water partition coefficient (Wildman–Crippen LogP) is 3.23. The van der Waals surface area contributed by atoms with E-state index in [2.05, 4.69) is 19.3 Å². The van der Waals surface area contributed by atoms with Gasteiger partial charge in [-0.15, -0.1) is 24.8 Å². The summed E-state index contributed by atoms with van der Waals surface area (Å²) in [6.07, 6.45) is 0. The van der Waals surface area contributed by atoms with Crippen molar-refractivity contribution in [1.82, 2.24) is 9.99 Å². The van der Waals surface area contributed by atoms with E-state index in [0.717, 1.165) is 16.8 Å². The van der Waals surface area contributed by atoms with E-state index < -0.39 is 5.91 Å². The van der Waals surface area contributed by atoms with Gasteiger partial charge in [0.25, 0.3) is 11.5 Å². The number of amides is 1. The molecule has 1 amide bonds. The van der Waals surface area contributed by atoms with Crippen LogP contribution < -0.4 is 22.6 Å². The molecule has 3 rings (SSSR count). The summed E-state index contributed by atoms with van der Waals surface area (Å²) in [5.74, 6) is 5.16. The zero-order valence-corrected chi connectivity index (χ0v) is 18.0. The maximum atomic E-state index is 13.2. The number of carbonyl (C=O) groups is 1. The van der Waals surface area contributed by atoms with Gasteiger partial charge in [-0.2, -0.15) is 0 Å². The molecule has 0 radical (unpaired) electrons. The van der Waals surface area contributed by atoms with Crippen LogP contribution in [-0.4, -0.2) is 10.5 Å². The molecule has 0 spiro atoms. The second-order valence-corrected chi connectivity index (χ2v) is 6.94. The average Bonchev–Trinajstić information content (AvgIpc) is 2.69. The molecular weight excluding hydrogens is 411 g/mol. The normalized spacial score (nSPS) is 10.4. The molecule has 5 N–H and O–H groups in total.